The van der Waals surface area contributed by atoms with E-state index < -0.39 is 11.0 Å². The quantitative estimate of drug-likeness (QED) is 0.263. The van der Waals surface area contributed by atoms with E-state index in [0.29, 0.717) is 19.4 Å². The molecule has 0 spiro atoms. The smallest absolute Gasteiger partial charge is 0.318 e. The molecule has 3 heteroatoms. The predicted molar refractivity (Wildman–Crippen MR) is 123 cm³/mol. The van der Waals surface area contributed by atoms with Gasteiger partial charge >= 0.3 is 5.97 Å². The summed E-state index contributed by atoms with van der Waals surface area (Å²) in [5.74, 6) is -0.234. The van der Waals surface area contributed by atoms with E-state index in [0.717, 1.165) is 22.3 Å². The van der Waals surface area contributed by atoms with Gasteiger partial charge in [0, 0.05) is 6.42 Å². The van der Waals surface area contributed by atoms with E-state index in [-0.39, 0.29) is 12.6 Å². The predicted octanol–water partition coefficient (Wildman–Crippen LogP) is 5.89. The molecule has 1 heterocycles. The lowest BCUT2D eigenvalue weighted by Crippen LogP contribution is -2.41. The summed E-state index contributed by atoms with van der Waals surface area (Å²) in [5, 5.41) is 0. The van der Waals surface area contributed by atoms with Crippen molar-refractivity contribution in [3.05, 3.63) is 120 Å². The van der Waals surface area contributed by atoms with Gasteiger partial charge in [-0.25, -0.2) is 0 Å². The maximum Gasteiger partial charge on any atom is 0.318 e. The first-order valence-electron chi connectivity index (χ1n) is 10.8. The van der Waals surface area contributed by atoms with Crippen molar-refractivity contribution in [1.29, 1.82) is 0 Å². The van der Waals surface area contributed by atoms with Crippen LogP contribution in [0.15, 0.2) is 103 Å². The van der Waals surface area contributed by atoms with Crippen molar-refractivity contribution in [2.24, 2.45) is 5.41 Å². The third-order valence-electron chi connectivity index (χ3n) is 6.33. The Morgan fingerprint density at radius 3 is 1.71 bits per heavy atom. The molecule has 0 aromatic heterocycles. The summed E-state index contributed by atoms with van der Waals surface area (Å²) in [7, 11) is 0. The molecule has 0 unspecified atom stereocenters. The van der Waals surface area contributed by atoms with Gasteiger partial charge in [-0.1, -0.05) is 110 Å². The molecule has 0 amide bonds. The summed E-state index contributed by atoms with van der Waals surface area (Å²) >= 11 is 0. The van der Waals surface area contributed by atoms with Crippen molar-refractivity contribution < 1.29 is 14.3 Å². The van der Waals surface area contributed by atoms with Crippen molar-refractivity contribution in [2.75, 3.05) is 13.2 Å². The minimum Gasteiger partial charge on any atom is -0.465 e. The summed E-state index contributed by atoms with van der Waals surface area (Å²) in [6.07, 6.45) is 1.29. The van der Waals surface area contributed by atoms with Gasteiger partial charge in [0.2, 0.25) is 0 Å². The highest BCUT2D eigenvalue weighted by Gasteiger charge is 2.49. The minimum absolute atomic E-state index is 0.206. The molecule has 1 fully saturated rings. The number of hydrogen-bond acceptors (Lipinski definition) is 3. The van der Waals surface area contributed by atoms with E-state index >= 15 is 0 Å². The maximum absolute atomic E-state index is 12.9. The van der Waals surface area contributed by atoms with E-state index in [4.69, 9.17) is 9.47 Å². The molecule has 4 rings (SSSR count). The van der Waals surface area contributed by atoms with Crippen molar-refractivity contribution in [3.63, 3.8) is 0 Å². The average molecular weight is 413 g/mol. The number of carbonyl (C=O) groups excluding carboxylic acids is 1. The molecule has 0 bridgehead atoms. The normalized spacial score (nSPS) is 18.5. The summed E-state index contributed by atoms with van der Waals surface area (Å²) in [5.41, 5.74) is 2.20. The SMILES string of the molecule is C=C(CC)[C@]1(COC(c2ccccc2)(c2ccccc2)c2ccccc2)CCOC1=O. The molecule has 1 aliphatic heterocycles. The van der Waals surface area contributed by atoms with Gasteiger partial charge in [-0.05, 0) is 23.1 Å². The number of esters is 1. The molecule has 0 radical (unpaired) electrons. The van der Waals surface area contributed by atoms with Gasteiger partial charge in [0.1, 0.15) is 11.0 Å². The van der Waals surface area contributed by atoms with E-state index in [9.17, 15) is 4.79 Å². The van der Waals surface area contributed by atoms with E-state index in [1.54, 1.807) is 0 Å². The summed E-state index contributed by atoms with van der Waals surface area (Å²) in [6.45, 7) is 6.84. The third kappa shape index (κ3) is 3.70. The number of rotatable bonds is 8. The first-order chi connectivity index (χ1) is 15.1. The molecule has 1 saturated heterocycles. The summed E-state index contributed by atoms with van der Waals surface area (Å²) in [4.78, 5) is 12.9. The lowest BCUT2D eigenvalue weighted by atomic mass is 9.77. The molecule has 1 aliphatic rings. The molecule has 3 aromatic carbocycles. The van der Waals surface area contributed by atoms with Crippen LogP contribution in [0.4, 0.5) is 0 Å². The van der Waals surface area contributed by atoms with Crippen LogP contribution in [0, 0.1) is 5.41 Å². The molecule has 0 saturated carbocycles. The van der Waals surface area contributed by atoms with Gasteiger partial charge in [0.15, 0.2) is 0 Å². The Kier molecular flexibility index (Phi) is 6.06. The van der Waals surface area contributed by atoms with Crippen LogP contribution in [-0.2, 0) is 19.9 Å². The van der Waals surface area contributed by atoms with Gasteiger partial charge in [0.25, 0.3) is 0 Å². The second-order valence-electron chi connectivity index (χ2n) is 7.99. The standard InChI is InChI=1S/C28H28O3/c1-3-22(2)27(19-20-30-26(27)29)21-31-28(23-13-7-4-8-14-23,24-15-9-5-10-16-24)25-17-11-6-12-18-25/h4-18H,2-3,19-21H2,1H3/t27-/m1/s1. The van der Waals surface area contributed by atoms with Crippen LogP contribution >= 0.6 is 0 Å². The van der Waals surface area contributed by atoms with Crippen LogP contribution in [0.5, 0.6) is 0 Å². The van der Waals surface area contributed by atoms with Crippen LogP contribution < -0.4 is 0 Å². The Hall–Kier alpha value is -3.17. The molecule has 31 heavy (non-hydrogen) atoms. The lowest BCUT2D eigenvalue weighted by Gasteiger charge is -2.39. The topological polar surface area (TPSA) is 35.5 Å². The molecule has 0 aliphatic carbocycles. The van der Waals surface area contributed by atoms with Crippen LogP contribution in [0.25, 0.3) is 0 Å². The van der Waals surface area contributed by atoms with E-state index in [2.05, 4.69) is 43.0 Å². The van der Waals surface area contributed by atoms with Gasteiger partial charge in [-0.15, -0.1) is 0 Å². The Balaban J connectivity index is 1.88. The number of cyclic esters (lactones) is 1. The average Bonchev–Trinajstić information content (AvgIpc) is 3.22. The van der Waals surface area contributed by atoms with Crippen molar-refractivity contribution in [1.82, 2.24) is 0 Å². The van der Waals surface area contributed by atoms with E-state index in [1.807, 2.05) is 61.5 Å². The zero-order valence-electron chi connectivity index (χ0n) is 17.9. The minimum atomic E-state index is -0.867. The fraction of sp³-hybridized carbons (Fsp3) is 0.250. The molecular formula is C28H28O3. The lowest BCUT2D eigenvalue weighted by molar-refractivity contribution is -0.149. The fourth-order valence-corrected chi connectivity index (χ4v) is 4.45. The Morgan fingerprint density at radius 2 is 1.35 bits per heavy atom. The Labute approximate surface area is 184 Å². The van der Waals surface area contributed by atoms with Crippen LogP contribution in [0.3, 0.4) is 0 Å². The summed E-state index contributed by atoms with van der Waals surface area (Å²) < 4.78 is 12.3. The number of hydrogen-bond donors (Lipinski definition) is 0. The Morgan fingerprint density at radius 1 is 0.903 bits per heavy atom. The highest BCUT2D eigenvalue weighted by Crippen LogP contribution is 2.45. The monoisotopic (exact) mass is 412 g/mol. The Bertz CT molecular complexity index is 931. The number of ether oxygens (including phenoxy) is 2. The van der Waals surface area contributed by atoms with Crippen molar-refractivity contribution in [3.8, 4) is 0 Å². The van der Waals surface area contributed by atoms with E-state index in [1.165, 1.54) is 0 Å². The fourth-order valence-electron chi connectivity index (χ4n) is 4.45. The molecule has 1 atom stereocenters. The van der Waals surface area contributed by atoms with Crippen molar-refractivity contribution in [2.45, 2.75) is 25.4 Å². The molecule has 3 nitrogen and oxygen atoms in total. The first kappa shape index (κ1) is 21.1. The van der Waals surface area contributed by atoms with Gasteiger partial charge in [0.05, 0.1) is 13.2 Å². The zero-order chi connectivity index (χ0) is 21.7. The summed E-state index contributed by atoms with van der Waals surface area (Å²) in [6, 6.07) is 30.6. The van der Waals surface area contributed by atoms with Gasteiger partial charge in [-0.3, -0.25) is 4.79 Å². The first-order valence-corrected chi connectivity index (χ1v) is 10.8. The molecule has 158 valence electrons. The molecular weight excluding hydrogens is 384 g/mol. The zero-order valence-corrected chi connectivity index (χ0v) is 17.9. The maximum atomic E-state index is 12.9. The third-order valence-corrected chi connectivity index (χ3v) is 6.33. The largest absolute Gasteiger partial charge is 0.465 e. The van der Waals surface area contributed by atoms with Crippen LogP contribution in [-0.4, -0.2) is 19.2 Å². The van der Waals surface area contributed by atoms with Gasteiger partial charge in [-0.2, -0.15) is 0 Å². The number of benzene rings is 3. The number of carbonyl (C=O) groups is 1. The molecule has 3 aromatic rings. The van der Waals surface area contributed by atoms with Gasteiger partial charge < -0.3 is 9.47 Å². The highest BCUT2D eigenvalue weighted by molar-refractivity contribution is 5.82. The highest BCUT2D eigenvalue weighted by atomic mass is 16.5. The van der Waals surface area contributed by atoms with Crippen molar-refractivity contribution >= 4 is 5.97 Å². The second-order valence-corrected chi connectivity index (χ2v) is 7.99. The molecule has 0 N–H and O–H groups in total. The van der Waals surface area contributed by atoms with Crippen LogP contribution in [0.1, 0.15) is 36.5 Å². The second kappa shape index (κ2) is 8.91. The van der Waals surface area contributed by atoms with Crippen LogP contribution in [0.2, 0.25) is 0 Å².